The Kier molecular flexibility index (Phi) is 7.23. The molecule has 1 aromatic rings. The van der Waals surface area contributed by atoms with Crippen molar-refractivity contribution < 1.29 is 0 Å². The van der Waals surface area contributed by atoms with E-state index in [-0.39, 0.29) is 0 Å². The van der Waals surface area contributed by atoms with Crippen molar-refractivity contribution in [2.24, 2.45) is 0 Å². The molecular weight excluding hydrogens is 220 g/mol. The minimum Gasteiger partial charge on any atom is -0.317 e. The van der Waals surface area contributed by atoms with E-state index in [1.807, 2.05) is 12.1 Å². The molecule has 0 bridgehead atoms. The third kappa shape index (κ3) is 6.11. The van der Waals surface area contributed by atoms with Crippen molar-refractivity contribution in [3.63, 3.8) is 0 Å². The number of hydrogen-bond donors (Lipinski definition) is 2. The van der Waals surface area contributed by atoms with E-state index in [1.54, 1.807) is 0 Å². The summed E-state index contributed by atoms with van der Waals surface area (Å²) in [5.41, 5.74) is 1.34. The van der Waals surface area contributed by atoms with Gasteiger partial charge in [0.15, 0.2) is 0 Å². The smallest absolute Gasteiger partial charge is 0.0406 e. The molecule has 16 heavy (non-hydrogen) atoms. The van der Waals surface area contributed by atoms with Crippen molar-refractivity contribution in [2.75, 3.05) is 26.2 Å². The van der Waals surface area contributed by atoms with Crippen LogP contribution >= 0.6 is 11.6 Å². The van der Waals surface area contributed by atoms with Crippen molar-refractivity contribution in [3.8, 4) is 0 Å². The summed E-state index contributed by atoms with van der Waals surface area (Å²) in [6.45, 7) is 6.41. The van der Waals surface area contributed by atoms with Crippen molar-refractivity contribution in [3.05, 3.63) is 34.9 Å². The predicted octanol–water partition coefficient (Wildman–Crippen LogP) is 2.47. The van der Waals surface area contributed by atoms with Gasteiger partial charge in [0.25, 0.3) is 0 Å². The Balaban J connectivity index is 2.01. The van der Waals surface area contributed by atoms with Crippen LogP contribution in [0.5, 0.6) is 0 Å². The van der Waals surface area contributed by atoms with Gasteiger partial charge in [-0.2, -0.15) is 0 Å². The molecule has 0 aliphatic heterocycles. The van der Waals surface area contributed by atoms with E-state index in [2.05, 4.69) is 29.7 Å². The predicted molar refractivity (Wildman–Crippen MR) is 71.2 cm³/mol. The molecule has 0 radical (unpaired) electrons. The lowest BCUT2D eigenvalue weighted by Gasteiger charge is -2.05. The highest BCUT2D eigenvalue weighted by Gasteiger charge is 1.93. The van der Waals surface area contributed by atoms with E-state index in [0.29, 0.717) is 0 Å². The Labute approximate surface area is 103 Å². The summed E-state index contributed by atoms with van der Waals surface area (Å²) in [5, 5.41) is 7.55. The second-order valence-electron chi connectivity index (χ2n) is 3.83. The average Bonchev–Trinajstić information content (AvgIpc) is 2.30. The first-order valence-electron chi connectivity index (χ1n) is 5.99. The molecule has 0 fully saturated rings. The lowest BCUT2D eigenvalue weighted by atomic mass is 10.1. The van der Waals surface area contributed by atoms with Gasteiger partial charge in [0, 0.05) is 5.02 Å². The molecule has 0 amide bonds. The normalized spacial score (nSPS) is 10.6. The number of benzene rings is 1. The first-order chi connectivity index (χ1) is 7.83. The molecule has 0 aliphatic rings. The Bertz CT molecular complexity index is 272. The molecule has 0 unspecified atom stereocenters. The molecule has 0 aliphatic carbocycles. The first-order valence-corrected chi connectivity index (χ1v) is 6.36. The molecule has 0 heterocycles. The highest BCUT2D eigenvalue weighted by molar-refractivity contribution is 6.30. The Morgan fingerprint density at radius 2 is 1.69 bits per heavy atom. The van der Waals surface area contributed by atoms with Crippen LogP contribution in [0.3, 0.4) is 0 Å². The minimum atomic E-state index is 0.808. The van der Waals surface area contributed by atoms with Gasteiger partial charge in [-0.15, -0.1) is 0 Å². The standard InChI is InChI=1S/C13H21ClN2/c1-2-15-9-3-10-16-11-8-12-4-6-13(14)7-5-12/h4-7,15-16H,2-3,8-11H2,1H3. The largest absolute Gasteiger partial charge is 0.317 e. The van der Waals surface area contributed by atoms with Gasteiger partial charge < -0.3 is 10.6 Å². The summed E-state index contributed by atoms with van der Waals surface area (Å²) < 4.78 is 0. The third-order valence-corrected chi connectivity index (χ3v) is 2.71. The topological polar surface area (TPSA) is 24.1 Å². The molecule has 2 N–H and O–H groups in total. The zero-order chi connectivity index (χ0) is 11.6. The van der Waals surface area contributed by atoms with Gasteiger partial charge in [-0.05, 0) is 56.7 Å². The first kappa shape index (κ1) is 13.5. The van der Waals surface area contributed by atoms with E-state index in [4.69, 9.17) is 11.6 Å². The Morgan fingerprint density at radius 1 is 1.00 bits per heavy atom. The molecule has 90 valence electrons. The van der Waals surface area contributed by atoms with Crippen molar-refractivity contribution in [1.82, 2.24) is 10.6 Å². The van der Waals surface area contributed by atoms with Crippen LogP contribution in [0.1, 0.15) is 18.9 Å². The molecule has 0 atom stereocenters. The van der Waals surface area contributed by atoms with Crippen LogP contribution in [0.15, 0.2) is 24.3 Å². The Morgan fingerprint density at radius 3 is 2.38 bits per heavy atom. The van der Waals surface area contributed by atoms with E-state index in [1.165, 1.54) is 12.0 Å². The average molecular weight is 241 g/mol. The highest BCUT2D eigenvalue weighted by Crippen LogP contribution is 2.09. The van der Waals surface area contributed by atoms with E-state index >= 15 is 0 Å². The van der Waals surface area contributed by atoms with Gasteiger partial charge in [0.2, 0.25) is 0 Å². The Hall–Kier alpha value is -0.570. The molecule has 3 heteroatoms. The summed E-state index contributed by atoms with van der Waals surface area (Å²) >= 11 is 5.82. The number of nitrogens with one attached hydrogen (secondary N) is 2. The van der Waals surface area contributed by atoms with Gasteiger partial charge in [-0.25, -0.2) is 0 Å². The summed E-state index contributed by atoms with van der Waals surface area (Å²) in [6, 6.07) is 8.06. The molecule has 1 aromatic carbocycles. The van der Waals surface area contributed by atoms with Crippen LogP contribution in [-0.4, -0.2) is 26.2 Å². The van der Waals surface area contributed by atoms with Crippen LogP contribution in [0.25, 0.3) is 0 Å². The lowest BCUT2D eigenvalue weighted by molar-refractivity contribution is 0.606. The maximum atomic E-state index is 5.82. The third-order valence-electron chi connectivity index (χ3n) is 2.46. The fourth-order valence-electron chi connectivity index (χ4n) is 1.52. The quantitative estimate of drug-likeness (QED) is 0.683. The molecule has 0 spiro atoms. The van der Waals surface area contributed by atoms with Crippen LogP contribution in [0.2, 0.25) is 5.02 Å². The molecule has 0 aromatic heterocycles. The molecular formula is C13H21ClN2. The van der Waals surface area contributed by atoms with Crippen LogP contribution < -0.4 is 10.6 Å². The minimum absolute atomic E-state index is 0.808. The fourth-order valence-corrected chi connectivity index (χ4v) is 1.65. The molecule has 0 saturated heterocycles. The van der Waals surface area contributed by atoms with Gasteiger partial charge in [-0.1, -0.05) is 30.7 Å². The summed E-state index contributed by atoms with van der Waals surface area (Å²) in [7, 11) is 0. The van der Waals surface area contributed by atoms with Crippen molar-refractivity contribution in [2.45, 2.75) is 19.8 Å². The van der Waals surface area contributed by atoms with Crippen molar-refractivity contribution >= 4 is 11.6 Å². The van der Waals surface area contributed by atoms with Crippen molar-refractivity contribution in [1.29, 1.82) is 0 Å². The summed E-state index contributed by atoms with van der Waals surface area (Å²) in [4.78, 5) is 0. The van der Waals surface area contributed by atoms with Gasteiger partial charge >= 0.3 is 0 Å². The monoisotopic (exact) mass is 240 g/mol. The second kappa shape index (κ2) is 8.57. The molecule has 0 saturated carbocycles. The zero-order valence-corrected chi connectivity index (χ0v) is 10.7. The van der Waals surface area contributed by atoms with E-state index < -0.39 is 0 Å². The summed E-state index contributed by atoms with van der Waals surface area (Å²) in [5.74, 6) is 0. The number of hydrogen-bond acceptors (Lipinski definition) is 2. The number of halogens is 1. The highest BCUT2D eigenvalue weighted by atomic mass is 35.5. The summed E-state index contributed by atoms with van der Waals surface area (Å²) in [6.07, 6.45) is 2.26. The van der Waals surface area contributed by atoms with Gasteiger partial charge in [0.05, 0.1) is 0 Å². The van der Waals surface area contributed by atoms with Crippen LogP contribution in [0.4, 0.5) is 0 Å². The van der Waals surface area contributed by atoms with Gasteiger partial charge in [0.1, 0.15) is 0 Å². The fraction of sp³-hybridized carbons (Fsp3) is 0.538. The zero-order valence-electron chi connectivity index (χ0n) is 9.93. The molecule has 1 rings (SSSR count). The van der Waals surface area contributed by atoms with E-state index in [9.17, 15) is 0 Å². The van der Waals surface area contributed by atoms with Crippen LogP contribution in [0, 0.1) is 0 Å². The van der Waals surface area contributed by atoms with E-state index in [0.717, 1.165) is 37.6 Å². The van der Waals surface area contributed by atoms with Gasteiger partial charge in [-0.3, -0.25) is 0 Å². The lowest BCUT2D eigenvalue weighted by Crippen LogP contribution is -2.23. The maximum Gasteiger partial charge on any atom is 0.0406 e. The van der Waals surface area contributed by atoms with Crippen LogP contribution in [-0.2, 0) is 6.42 Å². The SMILES string of the molecule is CCNCCCNCCc1ccc(Cl)cc1. The molecule has 2 nitrogen and oxygen atoms in total. The number of rotatable bonds is 8. The maximum absolute atomic E-state index is 5.82. The second-order valence-corrected chi connectivity index (χ2v) is 4.27.